The summed E-state index contributed by atoms with van der Waals surface area (Å²) in [6.45, 7) is 8.32. The van der Waals surface area contributed by atoms with E-state index in [2.05, 4.69) is 34.5 Å². The number of nitrogens with zero attached hydrogens (tertiary/aromatic N) is 1. The van der Waals surface area contributed by atoms with Crippen molar-refractivity contribution in [3.8, 4) is 5.75 Å². The van der Waals surface area contributed by atoms with Gasteiger partial charge in [0.1, 0.15) is 5.75 Å². The molecule has 0 aromatic heterocycles. The molecule has 0 saturated carbocycles. The van der Waals surface area contributed by atoms with Gasteiger partial charge in [0.25, 0.3) is 5.91 Å². The molecule has 0 spiro atoms. The highest BCUT2D eigenvalue weighted by molar-refractivity contribution is 6.32. The average Bonchev–Trinajstić information content (AvgIpc) is 2.69. The molecule has 1 heterocycles. The summed E-state index contributed by atoms with van der Waals surface area (Å²) >= 11 is 6.19. The van der Waals surface area contributed by atoms with E-state index in [1.165, 1.54) is 17.7 Å². The molecule has 5 heteroatoms. The number of aryl methyl sites for hydroxylation is 3. The minimum Gasteiger partial charge on any atom is -0.481 e. The van der Waals surface area contributed by atoms with E-state index in [0.29, 0.717) is 12.3 Å². The molecule has 3 rings (SSSR count). The summed E-state index contributed by atoms with van der Waals surface area (Å²) in [6.07, 6.45) is 2.71. The van der Waals surface area contributed by atoms with Crippen molar-refractivity contribution in [1.82, 2.24) is 5.32 Å². The van der Waals surface area contributed by atoms with Crippen LogP contribution in [0.15, 0.2) is 36.4 Å². The van der Waals surface area contributed by atoms with Crippen molar-refractivity contribution >= 4 is 23.2 Å². The molecule has 28 heavy (non-hydrogen) atoms. The lowest BCUT2D eigenvalue weighted by Gasteiger charge is -2.31. The molecule has 0 bridgehead atoms. The summed E-state index contributed by atoms with van der Waals surface area (Å²) in [5.41, 5.74) is 4.66. The van der Waals surface area contributed by atoms with Crippen molar-refractivity contribution in [2.45, 2.75) is 46.1 Å². The fourth-order valence-corrected chi connectivity index (χ4v) is 3.81. The first-order chi connectivity index (χ1) is 13.5. The largest absolute Gasteiger partial charge is 0.481 e. The van der Waals surface area contributed by atoms with Crippen LogP contribution in [0.4, 0.5) is 5.69 Å². The molecule has 1 N–H and O–H groups in total. The first-order valence-corrected chi connectivity index (χ1v) is 10.4. The van der Waals surface area contributed by atoms with Crippen molar-refractivity contribution in [3.63, 3.8) is 0 Å². The van der Waals surface area contributed by atoms with Gasteiger partial charge in [-0.2, -0.15) is 0 Å². The maximum absolute atomic E-state index is 12.4. The van der Waals surface area contributed by atoms with Gasteiger partial charge in [-0.25, -0.2) is 0 Å². The van der Waals surface area contributed by atoms with Crippen LogP contribution >= 0.6 is 11.6 Å². The van der Waals surface area contributed by atoms with Gasteiger partial charge in [0.2, 0.25) is 0 Å². The maximum Gasteiger partial charge on any atom is 0.260 e. The van der Waals surface area contributed by atoms with Crippen LogP contribution in [0.3, 0.4) is 0 Å². The van der Waals surface area contributed by atoms with Crippen molar-refractivity contribution in [2.75, 3.05) is 24.5 Å². The van der Waals surface area contributed by atoms with E-state index in [-0.39, 0.29) is 5.91 Å². The predicted octanol–water partition coefficient (Wildman–Crippen LogP) is 4.68. The van der Waals surface area contributed by atoms with Gasteiger partial charge in [0, 0.05) is 30.3 Å². The lowest BCUT2D eigenvalue weighted by Crippen LogP contribution is -2.38. The number of hydrogen-bond acceptors (Lipinski definition) is 3. The zero-order chi connectivity index (χ0) is 20.1. The molecule has 4 nitrogen and oxygen atoms in total. The lowest BCUT2D eigenvalue weighted by molar-refractivity contribution is -0.127. The number of carbonyl (C=O) groups is 1. The summed E-state index contributed by atoms with van der Waals surface area (Å²) in [7, 11) is 0. The van der Waals surface area contributed by atoms with Crippen LogP contribution in [0.5, 0.6) is 5.75 Å². The summed E-state index contributed by atoms with van der Waals surface area (Å²) in [5, 5.41) is 3.73. The molecule has 1 unspecified atom stereocenters. The molecular formula is C23H29ClN2O2. The normalized spacial score (nSPS) is 14.4. The Morgan fingerprint density at radius 1 is 1.25 bits per heavy atom. The zero-order valence-corrected chi connectivity index (χ0v) is 17.7. The van der Waals surface area contributed by atoms with E-state index in [9.17, 15) is 4.79 Å². The number of rotatable bonds is 7. The van der Waals surface area contributed by atoms with E-state index in [1.54, 1.807) is 6.92 Å². The third kappa shape index (κ3) is 4.99. The van der Waals surface area contributed by atoms with E-state index in [0.717, 1.165) is 42.1 Å². The van der Waals surface area contributed by atoms with Crippen LogP contribution in [-0.4, -0.2) is 31.6 Å². The molecule has 1 atom stereocenters. The molecule has 0 radical (unpaired) electrons. The highest BCUT2D eigenvalue weighted by atomic mass is 35.5. The quantitative estimate of drug-likeness (QED) is 0.686. The second-order valence-electron chi connectivity index (χ2n) is 7.50. The summed E-state index contributed by atoms with van der Waals surface area (Å²) in [5.74, 6) is 0.580. The van der Waals surface area contributed by atoms with Crippen LogP contribution in [0.2, 0.25) is 5.02 Å². The van der Waals surface area contributed by atoms with Crippen molar-refractivity contribution in [3.05, 3.63) is 58.1 Å². The number of hydrogen-bond donors (Lipinski definition) is 1. The Labute approximate surface area is 172 Å². The molecule has 150 valence electrons. The number of anilines is 1. The first kappa shape index (κ1) is 20.5. The van der Waals surface area contributed by atoms with E-state index < -0.39 is 6.10 Å². The number of para-hydroxylation sites is 1. The highest BCUT2D eigenvalue weighted by Crippen LogP contribution is 2.27. The highest BCUT2D eigenvalue weighted by Gasteiger charge is 2.17. The second-order valence-corrected chi connectivity index (χ2v) is 7.87. The van der Waals surface area contributed by atoms with E-state index >= 15 is 0 Å². The number of halogens is 1. The van der Waals surface area contributed by atoms with Crippen LogP contribution in [0.25, 0.3) is 0 Å². The molecule has 2 aromatic rings. The Bertz CT molecular complexity index is 814. The Kier molecular flexibility index (Phi) is 6.84. The van der Waals surface area contributed by atoms with Gasteiger partial charge >= 0.3 is 0 Å². The van der Waals surface area contributed by atoms with Crippen molar-refractivity contribution in [1.29, 1.82) is 0 Å². The zero-order valence-electron chi connectivity index (χ0n) is 16.9. The summed E-state index contributed by atoms with van der Waals surface area (Å²) in [4.78, 5) is 14.8. The predicted molar refractivity (Wildman–Crippen MR) is 116 cm³/mol. The third-order valence-electron chi connectivity index (χ3n) is 5.20. The van der Waals surface area contributed by atoms with E-state index in [4.69, 9.17) is 16.3 Å². The van der Waals surface area contributed by atoms with Gasteiger partial charge in [0.15, 0.2) is 6.10 Å². The maximum atomic E-state index is 12.4. The van der Waals surface area contributed by atoms with E-state index in [1.807, 2.05) is 26.0 Å². The number of amides is 1. The Morgan fingerprint density at radius 3 is 2.71 bits per heavy atom. The molecule has 0 aliphatic carbocycles. The Balaban J connectivity index is 1.45. The topological polar surface area (TPSA) is 41.6 Å². The van der Waals surface area contributed by atoms with Gasteiger partial charge in [-0.15, -0.1) is 0 Å². The molecule has 0 saturated heterocycles. The smallest absolute Gasteiger partial charge is 0.260 e. The number of carbonyl (C=O) groups excluding carboxylic acids is 1. The molecule has 1 aliphatic heterocycles. The Hall–Kier alpha value is -2.20. The van der Waals surface area contributed by atoms with Gasteiger partial charge in [-0.1, -0.05) is 29.8 Å². The van der Waals surface area contributed by atoms with Crippen LogP contribution in [0, 0.1) is 13.8 Å². The summed E-state index contributed by atoms with van der Waals surface area (Å²) < 4.78 is 5.81. The molecule has 2 aromatic carbocycles. The number of benzene rings is 2. The molecule has 0 fully saturated rings. The SMILES string of the molecule is Cc1cc(OC(C)C(=O)NCCCN2CCCc3ccccc32)cc(C)c1Cl. The van der Waals surface area contributed by atoms with Gasteiger partial charge < -0.3 is 15.0 Å². The van der Waals surface area contributed by atoms with Gasteiger partial charge in [-0.05, 0) is 74.9 Å². The average molecular weight is 401 g/mol. The molecular weight excluding hydrogens is 372 g/mol. The molecule has 1 amide bonds. The fourth-order valence-electron chi connectivity index (χ4n) is 3.70. The Morgan fingerprint density at radius 2 is 1.96 bits per heavy atom. The number of nitrogens with one attached hydrogen (secondary N) is 1. The minimum absolute atomic E-state index is 0.0932. The molecule has 1 aliphatic rings. The summed E-state index contributed by atoms with van der Waals surface area (Å²) in [6, 6.07) is 12.3. The first-order valence-electron chi connectivity index (χ1n) is 9.99. The van der Waals surface area contributed by atoms with Gasteiger partial charge in [0.05, 0.1) is 0 Å². The van der Waals surface area contributed by atoms with Crippen LogP contribution in [0.1, 0.15) is 36.5 Å². The second kappa shape index (κ2) is 9.33. The number of fused-ring (bicyclic) bond motifs is 1. The van der Waals surface area contributed by atoms with Crippen LogP contribution < -0.4 is 15.0 Å². The van der Waals surface area contributed by atoms with Crippen molar-refractivity contribution < 1.29 is 9.53 Å². The fraction of sp³-hybridized carbons (Fsp3) is 0.435. The minimum atomic E-state index is -0.546. The third-order valence-corrected chi connectivity index (χ3v) is 5.80. The standard InChI is InChI=1S/C23H29ClN2O2/c1-16-14-20(15-17(2)22(16)24)28-18(3)23(27)25-11-7-13-26-12-6-9-19-8-4-5-10-21(19)26/h4-5,8,10,14-15,18H,6-7,9,11-13H2,1-3H3,(H,25,27). The van der Waals surface area contributed by atoms with Crippen LogP contribution in [-0.2, 0) is 11.2 Å². The number of ether oxygens (including phenoxy) is 1. The lowest BCUT2D eigenvalue weighted by atomic mass is 10.0. The van der Waals surface area contributed by atoms with Gasteiger partial charge in [-0.3, -0.25) is 4.79 Å². The van der Waals surface area contributed by atoms with Crippen molar-refractivity contribution in [2.24, 2.45) is 0 Å². The monoisotopic (exact) mass is 400 g/mol.